The maximum atomic E-state index is 13.7. The fourth-order valence-electron chi connectivity index (χ4n) is 6.17. The number of imide groups is 1. The standard InChI is InChI=1S/C27H22N2O4/c1-27-19-9-5-3-7-17(19)21(18-8-4-6-10-20(18)27)22-23(27)26(32)29(25(22)31)28-24(30)15-11-13-16(33-2)14-12-15/h3-14,21-23H,1-2H3,(H,28,30)/t21?,22-,23+,27?/m0/s1. The first-order valence-electron chi connectivity index (χ1n) is 11.0. The van der Waals surface area contributed by atoms with Crippen LogP contribution in [0.25, 0.3) is 0 Å². The average molecular weight is 438 g/mol. The third-order valence-corrected chi connectivity index (χ3v) is 7.61. The fourth-order valence-corrected chi connectivity index (χ4v) is 6.17. The van der Waals surface area contributed by atoms with Gasteiger partial charge in [-0.25, -0.2) is 0 Å². The van der Waals surface area contributed by atoms with E-state index in [0.29, 0.717) is 11.3 Å². The number of hydrazine groups is 1. The molecule has 1 heterocycles. The van der Waals surface area contributed by atoms with Crippen molar-refractivity contribution in [2.45, 2.75) is 18.3 Å². The van der Waals surface area contributed by atoms with E-state index in [9.17, 15) is 14.4 Å². The van der Waals surface area contributed by atoms with Crippen LogP contribution in [0.4, 0.5) is 0 Å². The minimum atomic E-state index is -0.654. The smallest absolute Gasteiger partial charge is 0.270 e. The number of nitrogens with zero attached hydrogens (tertiary/aromatic N) is 1. The van der Waals surface area contributed by atoms with Crippen LogP contribution in [-0.4, -0.2) is 29.8 Å². The summed E-state index contributed by atoms with van der Waals surface area (Å²) in [6.45, 7) is 2.05. The lowest BCUT2D eigenvalue weighted by molar-refractivity contribution is -0.143. The first-order valence-corrected chi connectivity index (χ1v) is 11.0. The van der Waals surface area contributed by atoms with E-state index in [1.807, 2.05) is 24.3 Å². The molecular formula is C27H22N2O4. The molecule has 3 aromatic rings. The minimum absolute atomic E-state index is 0.219. The van der Waals surface area contributed by atoms with E-state index >= 15 is 0 Å². The van der Waals surface area contributed by atoms with Crippen molar-refractivity contribution in [2.75, 3.05) is 7.11 Å². The Bertz CT molecular complexity index is 1280. The monoisotopic (exact) mass is 438 g/mol. The van der Waals surface area contributed by atoms with Crippen molar-refractivity contribution in [1.29, 1.82) is 0 Å². The Morgan fingerprint density at radius 2 is 1.45 bits per heavy atom. The molecule has 0 spiro atoms. The maximum absolute atomic E-state index is 13.7. The lowest BCUT2D eigenvalue weighted by atomic mass is 9.48. The Kier molecular flexibility index (Phi) is 4.06. The predicted octanol–water partition coefficient (Wildman–Crippen LogP) is 3.41. The van der Waals surface area contributed by atoms with Gasteiger partial charge in [-0.3, -0.25) is 19.8 Å². The summed E-state index contributed by atoms with van der Waals surface area (Å²) < 4.78 is 5.13. The van der Waals surface area contributed by atoms with E-state index in [-0.39, 0.29) is 17.7 Å². The molecule has 1 fully saturated rings. The molecule has 1 N–H and O–H groups in total. The molecule has 33 heavy (non-hydrogen) atoms. The summed E-state index contributed by atoms with van der Waals surface area (Å²) in [4.78, 5) is 40.2. The predicted molar refractivity (Wildman–Crippen MR) is 120 cm³/mol. The van der Waals surface area contributed by atoms with Gasteiger partial charge in [0.25, 0.3) is 17.7 Å². The number of methoxy groups -OCH3 is 1. The van der Waals surface area contributed by atoms with Crippen LogP contribution < -0.4 is 10.2 Å². The molecule has 4 aliphatic rings. The Labute approximate surface area is 191 Å². The van der Waals surface area contributed by atoms with Crippen molar-refractivity contribution in [1.82, 2.24) is 10.4 Å². The highest BCUT2D eigenvalue weighted by molar-refractivity contribution is 6.10. The van der Waals surface area contributed by atoms with Crippen molar-refractivity contribution >= 4 is 17.7 Å². The van der Waals surface area contributed by atoms with Gasteiger partial charge in [-0.05, 0) is 46.5 Å². The van der Waals surface area contributed by atoms with E-state index in [1.165, 1.54) is 0 Å². The Morgan fingerprint density at radius 1 is 0.879 bits per heavy atom. The molecule has 0 saturated carbocycles. The summed E-state index contributed by atoms with van der Waals surface area (Å²) in [6, 6.07) is 22.7. The summed E-state index contributed by atoms with van der Waals surface area (Å²) in [5, 5.41) is 0.949. The van der Waals surface area contributed by atoms with Crippen LogP contribution in [0.5, 0.6) is 5.75 Å². The van der Waals surface area contributed by atoms with E-state index in [0.717, 1.165) is 27.3 Å². The SMILES string of the molecule is COc1ccc(C(=O)NN2C(=O)[C@H]3C4c5ccccc5C(C)(c5ccccc54)[C@H]3C2=O)cc1. The van der Waals surface area contributed by atoms with Crippen LogP contribution in [0.2, 0.25) is 0 Å². The van der Waals surface area contributed by atoms with Gasteiger partial charge in [0, 0.05) is 16.9 Å². The van der Waals surface area contributed by atoms with Gasteiger partial charge in [0.1, 0.15) is 5.75 Å². The molecule has 3 amide bonds. The second-order valence-corrected chi connectivity index (χ2v) is 9.04. The summed E-state index contributed by atoms with van der Waals surface area (Å²) >= 11 is 0. The van der Waals surface area contributed by atoms with Crippen LogP contribution in [0.15, 0.2) is 72.8 Å². The molecule has 6 heteroatoms. The molecule has 1 saturated heterocycles. The summed E-state index contributed by atoms with van der Waals surface area (Å²) in [5.41, 5.74) is 6.61. The summed E-state index contributed by atoms with van der Waals surface area (Å²) in [5.74, 6) is -1.95. The highest BCUT2D eigenvalue weighted by Crippen LogP contribution is 2.63. The second kappa shape index (κ2) is 6.78. The Hall–Kier alpha value is -3.93. The van der Waals surface area contributed by atoms with Crippen molar-refractivity contribution in [2.24, 2.45) is 11.8 Å². The van der Waals surface area contributed by atoms with Crippen LogP contribution >= 0.6 is 0 Å². The highest BCUT2D eigenvalue weighted by atomic mass is 16.5. The largest absolute Gasteiger partial charge is 0.497 e. The number of amides is 3. The minimum Gasteiger partial charge on any atom is -0.497 e. The molecular weight excluding hydrogens is 416 g/mol. The van der Waals surface area contributed by atoms with Crippen molar-refractivity contribution in [3.8, 4) is 5.75 Å². The number of hydrogen-bond acceptors (Lipinski definition) is 4. The summed E-state index contributed by atoms with van der Waals surface area (Å²) in [7, 11) is 1.54. The average Bonchev–Trinajstić information content (AvgIpc) is 3.10. The lowest BCUT2D eigenvalue weighted by Crippen LogP contribution is -2.52. The number of hydrogen-bond donors (Lipinski definition) is 1. The number of carbonyl (C=O) groups excluding carboxylic acids is 3. The van der Waals surface area contributed by atoms with Crippen molar-refractivity contribution in [3.63, 3.8) is 0 Å². The molecule has 1 aliphatic heterocycles. The van der Waals surface area contributed by atoms with E-state index < -0.39 is 23.2 Å². The van der Waals surface area contributed by atoms with Gasteiger partial charge in [-0.15, -0.1) is 0 Å². The molecule has 6 nitrogen and oxygen atoms in total. The molecule has 2 atom stereocenters. The van der Waals surface area contributed by atoms with Gasteiger partial charge in [0.05, 0.1) is 18.9 Å². The van der Waals surface area contributed by atoms with E-state index in [4.69, 9.17) is 4.74 Å². The van der Waals surface area contributed by atoms with Crippen LogP contribution in [0.1, 0.15) is 45.5 Å². The van der Waals surface area contributed by atoms with Crippen molar-refractivity contribution < 1.29 is 19.1 Å². The molecule has 2 bridgehead atoms. The molecule has 164 valence electrons. The van der Waals surface area contributed by atoms with Gasteiger partial charge in [-0.2, -0.15) is 5.01 Å². The normalized spacial score (nSPS) is 26.5. The molecule has 3 aliphatic carbocycles. The van der Waals surface area contributed by atoms with Gasteiger partial charge in [0.2, 0.25) is 0 Å². The van der Waals surface area contributed by atoms with E-state index in [2.05, 4.69) is 36.6 Å². The number of rotatable bonds is 3. The second-order valence-electron chi connectivity index (χ2n) is 9.04. The molecule has 0 unspecified atom stereocenters. The quantitative estimate of drug-likeness (QED) is 0.636. The Balaban J connectivity index is 1.42. The van der Waals surface area contributed by atoms with Crippen LogP contribution in [0.3, 0.4) is 0 Å². The first kappa shape index (κ1) is 19.7. The molecule has 0 radical (unpaired) electrons. The molecule has 0 aromatic heterocycles. The van der Waals surface area contributed by atoms with Crippen LogP contribution in [0, 0.1) is 11.8 Å². The molecule has 3 aromatic carbocycles. The number of carbonyl (C=O) groups is 3. The van der Waals surface area contributed by atoms with Crippen LogP contribution in [-0.2, 0) is 15.0 Å². The van der Waals surface area contributed by atoms with E-state index in [1.54, 1.807) is 31.4 Å². The lowest BCUT2D eigenvalue weighted by Gasteiger charge is -2.52. The van der Waals surface area contributed by atoms with Gasteiger partial charge < -0.3 is 4.74 Å². The third-order valence-electron chi connectivity index (χ3n) is 7.61. The number of ether oxygens (including phenoxy) is 1. The first-order chi connectivity index (χ1) is 16.0. The molecule has 7 rings (SSSR count). The zero-order valence-electron chi connectivity index (χ0n) is 18.2. The maximum Gasteiger partial charge on any atom is 0.270 e. The fraction of sp³-hybridized carbons (Fsp3) is 0.222. The number of benzene rings is 3. The third kappa shape index (κ3) is 2.46. The zero-order chi connectivity index (χ0) is 22.9. The Morgan fingerprint density at radius 3 is 2.03 bits per heavy atom. The zero-order valence-corrected chi connectivity index (χ0v) is 18.2. The topological polar surface area (TPSA) is 75.7 Å². The van der Waals surface area contributed by atoms with Gasteiger partial charge >= 0.3 is 0 Å². The van der Waals surface area contributed by atoms with Gasteiger partial charge in [-0.1, -0.05) is 55.5 Å². The van der Waals surface area contributed by atoms with Crippen molar-refractivity contribution in [3.05, 3.63) is 101 Å². The summed E-state index contributed by atoms with van der Waals surface area (Å²) in [6.07, 6.45) is 0. The number of nitrogens with one attached hydrogen (secondary N) is 1. The highest BCUT2D eigenvalue weighted by Gasteiger charge is 2.66. The van der Waals surface area contributed by atoms with Gasteiger partial charge in [0.15, 0.2) is 0 Å².